The molecule has 0 amide bonds. The zero-order valence-electron chi connectivity index (χ0n) is 12.3. The smallest absolute Gasteiger partial charge is 0.133 e. The van der Waals surface area contributed by atoms with Crippen LogP contribution in [-0.2, 0) is 6.61 Å². The fraction of sp³-hybridized carbons (Fsp3) is 0.167. The van der Waals surface area contributed by atoms with E-state index in [2.05, 4.69) is 35.4 Å². The van der Waals surface area contributed by atoms with Crippen molar-refractivity contribution >= 4 is 16.7 Å². The second-order valence-corrected chi connectivity index (χ2v) is 5.04. The standard InChI is InChI=1S/C18H18N2O/c1-13-6-5-8-16(10-13)21-12-15-11-14-7-3-4-9-17(14)20-18(15)19-2/h3-11H,12H2,1-2H3,(H,19,20). The van der Waals surface area contributed by atoms with Gasteiger partial charge in [0.2, 0.25) is 0 Å². The van der Waals surface area contributed by atoms with Crippen molar-refractivity contribution in [1.29, 1.82) is 0 Å². The van der Waals surface area contributed by atoms with Gasteiger partial charge in [0.05, 0.1) is 5.52 Å². The molecule has 0 bridgehead atoms. The molecule has 1 N–H and O–H groups in total. The van der Waals surface area contributed by atoms with Crippen molar-refractivity contribution in [3.05, 3.63) is 65.7 Å². The predicted molar refractivity (Wildman–Crippen MR) is 86.8 cm³/mol. The first-order valence-corrected chi connectivity index (χ1v) is 7.02. The summed E-state index contributed by atoms with van der Waals surface area (Å²) in [6.07, 6.45) is 0. The Kier molecular flexibility index (Phi) is 3.73. The van der Waals surface area contributed by atoms with Gasteiger partial charge in [-0.1, -0.05) is 30.3 Å². The third-order valence-electron chi connectivity index (χ3n) is 3.42. The topological polar surface area (TPSA) is 34.2 Å². The number of ether oxygens (including phenoxy) is 1. The van der Waals surface area contributed by atoms with Gasteiger partial charge in [0, 0.05) is 18.0 Å². The molecular formula is C18H18N2O. The van der Waals surface area contributed by atoms with E-state index in [0.717, 1.165) is 28.0 Å². The van der Waals surface area contributed by atoms with Crippen LogP contribution in [0.25, 0.3) is 10.9 Å². The summed E-state index contributed by atoms with van der Waals surface area (Å²) in [5.41, 5.74) is 3.23. The van der Waals surface area contributed by atoms with Gasteiger partial charge in [0.15, 0.2) is 0 Å². The summed E-state index contributed by atoms with van der Waals surface area (Å²) in [6, 6.07) is 18.3. The molecule has 0 saturated carbocycles. The minimum absolute atomic E-state index is 0.497. The second kappa shape index (κ2) is 5.83. The van der Waals surface area contributed by atoms with Crippen molar-refractivity contribution < 1.29 is 4.74 Å². The Labute approximate surface area is 124 Å². The summed E-state index contributed by atoms with van der Waals surface area (Å²) in [5, 5.41) is 4.27. The average molecular weight is 278 g/mol. The maximum Gasteiger partial charge on any atom is 0.133 e. The van der Waals surface area contributed by atoms with Crippen molar-refractivity contribution in [2.24, 2.45) is 0 Å². The molecule has 0 spiro atoms. The van der Waals surface area contributed by atoms with Crippen LogP contribution in [0.1, 0.15) is 11.1 Å². The summed E-state index contributed by atoms with van der Waals surface area (Å²) in [6.45, 7) is 2.56. The van der Waals surface area contributed by atoms with Crippen molar-refractivity contribution in [2.75, 3.05) is 12.4 Å². The van der Waals surface area contributed by atoms with E-state index in [1.54, 1.807) is 0 Å². The van der Waals surface area contributed by atoms with Crippen LogP contribution in [0.3, 0.4) is 0 Å². The van der Waals surface area contributed by atoms with Gasteiger partial charge in [-0.25, -0.2) is 4.98 Å². The normalized spacial score (nSPS) is 10.6. The summed E-state index contributed by atoms with van der Waals surface area (Å²) >= 11 is 0. The van der Waals surface area contributed by atoms with Crippen LogP contribution in [0.5, 0.6) is 5.75 Å². The Morgan fingerprint density at radius 2 is 1.90 bits per heavy atom. The quantitative estimate of drug-likeness (QED) is 0.778. The molecular weight excluding hydrogens is 260 g/mol. The van der Waals surface area contributed by atoms with Gasteiger partial charge in [-0.3, -0.25) is 0 Å². The molecule has 0 unspecified atom stereocenters. The van der Waals surface area contributed by atoms with E-state index in [1.807, 2.05) is 43.4 Å². The van der Waals surface area contributed by atoms with E-state index in [4.69, 9.17) is 4.74 Å². The van der Waals surface area contributed by atoms with Gasteiger partial charge in [-0.05, 0) is 36.8 Å². The number of fused-ring (bicyclic) bond motifs is 1. The summed E-state index contributed by atoms with van der Waals surface area (Å²) < 4.78 is 5.88. The van der Waals surface area contributed by atoms with Gasteiger partial charge in [-0.15, -0.1) is 0 Å². The Balaban J connectivity index is 1.88. The first-order valence-electron chi connectivity index (χ1n) is 7.02. The minimum Gasteiger partial charge on any atom is -0.489 e. The van der Waals surface area contributed by atoms with Crippen molar-refractivity contribution in [3.8, 4) is 5.75 Å². The maximum atomic E-state index is 5.88. The summed E-state index contributed by atoms with van der Waals surface area (Å²) in [4.78, 5) is 4.63. The van der Waals surface area contributed by atoms with Crippen LogP contribution in [-0.4, -0.2) is 12.0 Å². The Hall–Kier alpha value is -2.55. The van der Waals surface area contributed by atoms with Gasteiger partial charge in [0.25, 0.3) is 0 Å². The number of aryl methyl sites for hydroxylation is 1. The first kappa shape index (κ1) is 13.4. The Morgan fingerprint density at radius 3 is 2.71 bits per heavy atom. The molecule has 0 saturated heterocycles. The average Bonchev–Trinajstić information content (AvgIpc) is 2.52. The molecule has 0 fully saturated rings. The monoisotopic (exact) mass is 278 g/mol. The van der Waals surface area contributed by atoms with E-state index < -0.39 is 0 Å². The molecule has 0 aliphatic heterocycles. The number of benzene rings is 2. The van der Waals surface area contributed by atoms with Gasteiger partial charge < -0.3 is 10.1 Å². The number of nitrogens with zero attached hydrogens (tertiary/aromatic N) is 1. The molecule has 3 heteroatoms. The number of hydrogen-bond donors (Lipinski definition) is 1. The van der Waals surface area contributed by atoms with E-state index in [9.17, 15) is 0 Å². The van der Waals surface area contributed by atoms with Gasteiger partial charge in [0.1, 0.15) is 18.2 Å². The molecule has 0 aliphatic carbocycles. The highest BCUT2D eigenvalue weighted by Gasteiger charge is 2.06. The van der Waals surface area contributed by atoms with E-state index >= 15 is 0 Å². The molecule has 1 aromatic heterocycles. The van der Waals surface area contributed by atoms with Crippen LogP contribution in [0, 0.1) is 6.92 Å². The van der Waals surface area contributed by atoms with Crippen LogP contribution in [0.4, 0.5) is 5.82 Å². The number of hydrogen-bond acceptors (Lipinski definition) is 3. The fourth-order valence-corrected chi connectivity index (χ4v) is 2.35. The first-order chi connectivity index (χ1) is 10.3. The minimum atomic E-state index is 0.497. The summed E-state index contributed by atoms with van der Waals surface area (Å²) in [7, 11) is 1.88. The number of nitrogens with one attached hydrogen (secondary N) is 1. The molecule has 3 rings (SSSR count). The number of rotatable bonds is 4. The largest absolute Gasteiger partial charge is 0.489 e. The highest BCUT2D eigenvalue weighted by atomic mass is 16.5. The number of anilines is 1. The van der Waals surface area contributed by atoms with Crippen molar-refractivity contribution in [2.45, 2.75) is 13.5 Å². The van der Waals surface area contributed by atoms with Crippen LogP contribution in [0.2, 0.25) is 0 Å². The lowest BCUT2D eigenvalue weighted by atomic mass is 10.1. The van der Waals surface area contributed by atoms with Gasteiger partial charge >= 0.3 is 0 Å². The van der Waals surface area contributed by atoms with Crippen molar-refractivity contribution in [3.63, 3.8) is 0 Å². The molecule has 21 heavy (non-hydrogen) atoms. The zero-order valence-corrected chi connectivity index (χ0v) is 12.3. The van der Waals surface area contributed by atoms with Crippen LogP contribution in [0.15, 0.2) is 54.6 Å². The fourth-order valence-electron chi connectivity index (χ4n) is 2.35. The van der Waals surface area contributed by atoms with Crippen molar-refractivity contribution in [1.82, 2.24) is 4.98 Å². The number of pyridine rings is 1. The molecule has 3 nitrogen and oxygen atoms in total. The summed E-state index contributed by atoms with van der Waals surface area (Å²) in [5.74, 6) is 1.74. The van der Waals surface area contributed by atoms with Gasteiger partial charge in [-0.2, -0.15) is 0 Å². The van der Waals surface area contributed by atoms with E-state index in [-0.39, 0.29) is 0 Å². The lowest BCUT2D eigenvalue weighted by molar-refractivity contribution is 0.306. The molecule has 106 valence electrons. The lowest BCUT2D eigenvalue weighted by Crippen LogP contribution is -2.03. The zero-order chi connectivity index (χ0) is 14.7. The Bertz CT molecular complexity index is 768. The molecule has 0 aliphatic rings. The molecule has 0 radical (unpaired) electrons. The molecule has 2 aromatic carbocycles. The number of para-hydroxylation sites is 1. The third kappa shape index (κ3) is 2.97. The highest BCUT2D eigenvalue weighted by molar-refractivity contribution is 5.81. The third-order valence-corrected chi connectivity index (χ3v) is 3.42. The van der Waals surface area contributed by atoms with E-state index in [1.165, 1.54) is 5.56 Å². The molecule has 1 heterocycles. The predicted octanol–water partition coefficient (Wildman–Crippen LogP) is 4.16. The van der Waals surface area contributed by atoms with Crippen LogP contribution < -0.4 is 10.1 Å². The number of aromatic nitrogens is 1. The maximum absolute atomic E-state index is 5.88. The molecule has 3 aromatic rings. The Morgan fingerprint density at radius 1 is 1.05 bits per heavy atom. The second-order valence-electron chi connectivity index (χ2n) is 5.04. The lowest BCUT2D eigenvalue weighted by Gasteiger charge is -2.12. The van der Waals surface area contributed by atoms with Crippen LogP contribution >= 0.6 is 0 Å². The molecule has 0 atom stereocenters. The SMILES string of the molecule is CNc1nc2ccccc2cc1COc1cccc(C)c1. The highest BCUT2D eigenvalue weighted by Crippen LogP contribution is 2.22. The van der Waals surface area contributed by atoms with E-state index in [0.29, 0.717) is 6.61 Å².